The predicted molar refractivity (Wildman–Crippen MR) is 66.0 cm³/mol. The van der Waals surface area contributed by atoms with Gasteiger partial charge in [-0.25, -0.2) is 4.98 Å². The molecule has 2 aromatic rings. The second kappa shape index (κ2) is 3.76. The van der Waals surface area contributed by atoms with Crippen molar-refractivity contribution in [1.82, 2.24) is 10.3 Å². The molecule has 0 bridgehead atoms. The number of fused-ring (bicyclic) bond motifs is 1. The number of benzene rings is 1. The van der Waals surface area contributed by atoms with Gasteiger partial charge in [0.25, 0.3) is 0 Å². The lowest BCUT2D eigenvalue weighted by Gasteiger charge is -2.06. The second-order valence-corrected chi connectivity index (χ2v) is 4.38. The molecule has 1 aromatic carbocycles. The Morgan fingerprint density at radius 2 is 2.12 bits per heavy atom. The summed E-state index contributed by atoms with van der Waals surface area (Å²) in [6.45, 7) is 0.819. The molecule has 82 valence electrons. The van der Waals surface area contributed by atoms with Crippen LogP contribution in [0, 0.1) is 0 Å². The summed E-state index contributed by atoms with van der Waals surface area (Å²) >= 11 is 0. The SMILES string of the molecule is Nc1nc(CNC2CC2)cc2ccccc12. The highest BCUT2D eigenvalue weighted by molar-refractivity contribution is 5.91. The Balaban J connectivity index is 1.92. The lowest BCUT2D eigenvalue weighted by atomic mass is 10.1. The van der Waals surface area contributed by atoms with Crippen molar-refractivity contribution in [2.45, 2.75) is 25.4 Å². The Hall–Kier alpha value is -1.61. The second-order valence-electron chi connectivity index (χ2n) is 4.38. The van der Waals surface area contributed by atoms with Gasteiger partial charge in [0.05, 0.1) is 5.69 Å². The lowest BCUT2D eigenvalue weighted by molar-refractivity contribution is 0.676. The molecule has 1 heterocycles. The quantitative estimate of drug-likeness (QED) is 0.820. The number of pyridine rings is 1. The molecule has 1 aliphatic carbocycles. The highest BCUT2D eigenvalue weighted by Gasteiger charge is 2.20. The molecule has 0 amide bonds. The van der Waals surface area contributed by atoms with Crippen molar-refractivity contribution in [3.05, 3.63) is 36.0 Å². The van der Waals surface area contributed by atoms with E-state index >= 15 is 0 Å². The molecule has 0 atom stereocenters. The largest absolute Gasteiger partial charge is 0.383 e. The van der Waals surface area contributed by atoms with Crippen LogP contribution in [-0.4, -0.2) is 11.0 Å². The zero-order valence-electron chi connectivity index (χ0n) is 9.11. The van der Waals surface area contributed by atoms with E-state index in [1.165, 1.54) is 18.2 Å². The van der Waals surface area contributed by atoms with Gasteiger partial charge in [-0.05, 0) is 24.3 Å². The molecule has 0 saturated heterocycles. The van der Waals surface area contributed by atoms with Crippen LogP contribution in [0.5, 0.6) is 0 Å². The number of nitrogens with zero attached hydrogens (tertiary/aromatic N) is 1. The van der Waals surface area contributed by atoms with Crippen LogP contribution in [0.25, 0.3) is 10.8 Å². The maximum Gasteiger partial charge on any atom is 0.131 e. The minimum Gasteiger partial charge on any atom is -0.383 e. The third kappa shape index (κ3) is 1.86. The van der Waals surface area contributed by atoms with Crippen LogP contribution in [0.2, 0.25) is 0 Å². The van der Waals surface area contributed by atoms with Gasteiger partial charge in [0.1, 0.15) is 5.82 Å². The Kier molecular flexibility index (Phi) is 2.26. The van der Waals surface area contributed by atoms with Crippen LogP contribution in [0.15, 0.2) is 30.3 Å². The average molecular weight is 213 g/mol. The van der Waals surface area contributed by atoms with Gasteiger partial charge >= 0.3 is 0 Å². The summed E-state index contributed by atoms with van der Waals surface area (Å²) in [5, 5.41) is 5.66. The number of rotatable bonds is 3. The normalized spacial score (nSPS) is 15.5. The Morgan fingerprint density at radius 1 is 1.31 bits per heavy atom. The van der Waals surface area contributed by atoms with Crippen LogP contribution in [0.1, 0.15) is 18.5 Å². The first kappa shape index (κ1) is 9.60. The minimum absolute atomic E-state index is 0.630. The first-order valence-corrected chi connectivity index (χ1v) is 5.70. The molecule has 3 nitrogen and oxygen atoms in total. The van der Waals surface area contributed by atoms with Crippen LogP contribution in [-0.2, 0) is 6.54 Å². The van der Waals surface area contributed by atoms with E-state index < -0.39 is 0 Å². The first-order valence-electron chi connectivity index (χ1n) is 5.70. The van der Waals surface area contributed by atoms with Gasteiger partial charge in [-0.1, -0.05) is 24.3 Å². The van der Waals surface area contributed by atoms with E-state index in [0.29, 0.717) is 11.9 Å². The van der Waals surface area contributed by atoms with Gasteiger partial charge < -0.3 is 11.1 Å². The van der Waals surface area contributed by atoms with Crippen molar-refractivity contribution < 1.29 is 0 Å². The van der Waals surface area contributed by atoms with Crippen LogP contribution < -0.4 is 11.1 Å². The fourth-order valence-corrected chi connectivity index (χ4v) is 1.91. The molecule has 0 radical (unpaired) electrons. The number of nitrogens with two attached hydrogens (primary N) is 1. The number of anilines is 1. The molecule has 3 heteroatoms. The zero-order chi connectivity index (χ0) is 11.0. The van der Waals surface area contributed by atoms with E-state index in [1.807, 2.05) is 18.2 Å². The van der Waals surface area contributed by atoms with Crippen molar-refractivity contribution >= 4 is 16.6 Å². The third-order valence-corrected chi connectivity index (χ3v) is 2.97. The van der Waals surface area contributed by atoms with Crippen molar-refractivity contribution in [2.75, 3.05) is 5.73 Å². The van der Waals surface area contributed by atoms with E-state index in [1.54, 1.807) is 0 Å². The number of nitrogen functional groups attached to an aromatic ring is 1. The van der Waals surface area contributed by atoms with Gasteiger partial charge in [-0.15, -0.1) is 0 Å². The van der Waals surface area contributed by atoms with Gasteiger partial charge in [-0.2, -0.15) is 0 Å². The summed E-state index contributed by atoms with van der Waals surface area (Å²) in [5.41, 5.74) is 6.97. The number of hydrogen-bond donors (Lipinski definition) is 2. The summed E-state index contributed by atoms with van der Waals surface area (Å²) in [6.07, 6.45) is 2.59. The molecule has 0 unspecified atom stereocenters. The van der Waals surface area contributed by atoms with Gasteiger partial charge in [0.2, 0.25) is 0 Å². The van der Waals surface area contributed by atoms with Crippen LogP contribution in [0.3, 0.4) is 0 Å². The predicted octanol–water partition coefficient (Wildman–Crippen LogP) is 2.07. The van der Waals surface area contributed by atoms with E-state index in [9.17, 15) is 0 Å². The molecule has 16 heavy (non-hydrogen) atoms. The van der Waals surface area contributed by atoms with Crippen molar-refractivity contribution in [1.29, 1.82) is 0 Å². The molecular formula is C13H15N3. The van der Waals surface area contributed by atoms with Crippen molar-refractivity contribution in [3.8, 4) is 0 Å². The summed E-state index contributed by atoms with van der Waals surface area (Å²) in [5.74, 6) is 0.630. The molecule has 3 N–H and O–H groups in total. The molecule has 3 rings (SSSR count). The van der Waals surface area contributed by atoms with Crippen LogP contribution in [0.4, 0.5) is 5.82 Å². The van der Waals surface area contributed by atoms with Gasteiger partial charge in [0.15, 0.2) is 0 Å². The molecule has 1 aromatic heterocycles. The molecule has 1 aliphatic rings. The molecule has 0 aliphatic heterocycles. The lowest BCUT2D eigenvalue weighted by Crippen LogP contribution is -2.16. The summed E-state index contributed by atoms with van der Waals surface area (Å²) in [4.78, 5) is 4.42. The topological polar surface area (TPSA) is 50.9 Å². The zero-order valence-corrected chi connectivity index (χ0v) is 9.11. The Bertz CT molecular complexity index is 518. The fourth-order valence-electron chi connectivity index (χ4n) is 1.91. The molecule has 1 fully saturated rings. The van der Waals surface area contributed by atoms with Crippen molar-refractivity contribution in [2.24, 2.45) is 0 Å². The number of aromatic nitrogens is 1. The maximum atomic E-state index is 5.94. The number of hydrogen-bond acceptors (Lipinski definition) is 3. The standard InChI is InChI=1S/C13H15N3/c14-13-12-4-2-1-3-9(12)7-11(16-13)8-15-10-5-6-10/h1-4,7,10,15H,5-6,8H2,(H2,14,16). The van der Waals surface area contributed by atoms with E-state index in [4.69, 9.17) is 5.73 Å². The highest BCUT2D eigenvalue weighted by atomic mass is 15.0. The minimum atomic E-state index is 0.630. The smallest absolute Gasteiger partial charge is 0.131 e. The van der Waals surface area contributed by atoms with Gasteiger partial charge in [0, 0.05) is 18.0 Å². The highest BCUT2D eigenvalue weighted by Crippen LogP contribution is 2.22. The molecule has 0 spiro atoms. The van der Waals surface area contributed by atoms with Crippen LogP contribution >= 0.6 is 0 Å². The number of nitrogens with one attached hydrogen (secondary N) is 1. The summed E-state index contributed by atoms with van der Waals surface area (Å²) in [6, 6.07) is 10.9. The summed E-state index contributed by atoms with van der Waals surface area (Å²) < 4.78 is 0. The first-order chi connectivity index (χ1) is 7.83. The van der Waals surface area contributed by atoms with E-state index in [0.717, 1.165) is 17.6 Å². The van der Waals surface area contributed by atoms with E-state index in [-0.39, 0.29) is 0 Å². The monoisotopic (exact) mass is 213 g/mol. The Morgan fingerprint density at radius 3 is 2.94 bits per heavy atom. The average Bonchev–Trinajstić information content (AvgIpc) is 3.10. The van der Waals surface area contributed by atoms with Crippen molar-refractivity contribution in [3.63, 3.8) is 0 Å². The fraction of sp³-hybridized carbons (Fsp3) is 0.308. The molecular weight excluding hydrogens is 198 g/mol. The summed E-state index contributed by atoms with van der Waals surface area (Å²) in [7, 11) is 0. The van der Waals surface area contributed by atoms with E-state index in [2.05, 4.69) is 22.4 Å². The van der Waals surface area contributed by atoms with Gasteiger partial charge in [-0.3, -0.25) is 0 Å². The third-order valence-electron chi connectivity index (χ3n) is 2.97. The maximum absolute atomic E-state index is 5.94. The molecule has 1 saturated carbocycles. The Labute approximate surface area is 94.7 Å².